The Labute approximate surface area is 126 Å². The van der Waals surface area contributed by atoms with Crippen LogP contribution in [0, 0.1) is 0 Å². The molecule has 0 amide bonds. The summed E-state index contributed by atoms with van der Waals surface area (Å²) in [5.74, 6) is 1.37. The highest BCUT2D eigenvalue weighted by Gasteiger charge is 2.14. The summed E-state index contributed by atoms with van der Waals surface area (Å²) in [5, 5.41) is 9.01. The third-order valence-electron chi connectivity index (χ3n) is 3.72. The van der Waals surface area contributed by atoms with Crippen molar-refractivity contribution in [2.75, 3.05) is 17.7 Å². The first kappa shape index (κ1) is 12.6. The van der Waals surface area contributed by atoms with E-state index in [2.05, 4.69) is 15.2 Å². The van der Waals surface area contributed by atoms with Crippen molar-refractivity contribution in [3.05, 3.63) is 54.9 Å². The highest BCUT2D eigenvalue weighted by molar-refractivity contribution is 5.94. The maximum atomic E-state index is 5.93. The SMILES string of the molecule is CN(c1ccccc1)c1nc2nncn2c2cc(N)ccc12. The molecule has 0 aliphatic heterocycles. The van der Waals surface area contributed by atoms with E-state index in [1.807, 2.05) is 64.9 Å². The molecular formula is C16H14N6. The van der Waals surface area contributed by atoms with E-state index < -0.39 is 0 Å². The van der Waals surface area contributed by atoms with E-state index >= 15 is 0 Å². The molecule has 0 aliphatic rings. The van der Waals surface area contributed by atoms with Crippen molar-refractivity contribution in [2.24, 2.45) is 0 Å². The molecule has 6 heteroatoms. The molecule has 0 fully saturated rings. The van der Waals surface area contributed by atoms with Crippen LogP contribution in [0.25, 0.3) is 16.7 Å². The fourth-order valence-electron chi connectivity index (χ4n) is 2.60. The monoisotopic (exact) mass is 290 g/mol. The first-order valence-corrected chi connectivity index (χ1v) is 6.92. The van der Waals surface area contributed by atoms with E-state index in [-0.39, 0.29) is 0 Å². The number of nitrogen functional groups attached to an aromatic ring is 1. The summed E-state index contributed by atoms with van der Waals surface area (Å²) >= 11 is 0. The summed E-state index contributed by atoms with van der Waals surface area (Å²) in [6, 6.07) is 15.8. The lowest BCUT2D eigenvalue weighted by atomic mass is 10.2. The summed E-state index contributed by atoms with van der Waals surface area (Å²) in [5.41, 5.74) is 8.62. The van der Waals surface area contributed by atoms with Crippen LogP contribution in [0.2, 0.25) is 0 Å². The number of para-hydroxylation sites is 1. The van der Waals surface area contributed by atoms with Gasteiger partial charge in [0, 0.05) is 23.8 Å². The van der Waals surface area contributed by atoms with Crippen molar-refractivity contribution in [2.45, 2.75) is 0 Å². The van der Waals surface area contributed by atoms with Gasteiger partial charge in [-0.1, -0.05) is 18.2 Å². The molecule has 2 aromatic heterocycles. The first-order chi connectivity index (χ1) is 10.7. The van der Waals surface area contributed by atoms with Crippen LogP contribution in [0.4, 0.5) is 17.2 Å². The summed E-state index contributed by atoms with van der Waals surface area (Å²) in [7, 11) is 1.99. The van der Waals surface area contributed by atoms with Crippen LogP contribution in [0.1, 0.15) is 0 Å². The van der Waals surface area contributed by atoms with E-state index in [1.54, 1.807) is 6.33 Å². The van der Waals surface area contributed by atoms with Crippen LogP contribution in [0.15, 0.2) is 54.9 Å². The Morgan fingerprint density at radius 1 is 1.09 bits per heavy atom. The second-order valence-electron chi connectivity index (χ2n) is 5.11. The Bertz CT molecular complexity index is 960. The van der Waals surface area contributed by atoms with E-state index in [1.165, 1.54) is 0 Å². The lowest BCUT2D eigenvalue weighted by molar-refractivity contribution is 1.08. The fraction of sp³-hybridized carbons (Fsp3) is 0.0625. The highest BCUT2D eigenvalue weighted by Crippen LogP contribution is 2.30. The zero-order valence-electron chi connectivity index (χ0n) is 12.0. The Kier molecular flexibility index (Phi) is 2.69. The number of anilines is 3. The number of fused-ring (bicyclic) bond motifs is 3. The smallest absolute Gasteiger partial charge is 0.257 e. The third-order valence-corrected chi connectivity index (χ3v) is 3.72. The van der Waals surface area contributed by atoms with Crippen molar-refractivity contribution in [3.8, 4) is 0 Å². The predicted molar refractivity (Wildman–Crippen MR) is 87.2 cm³/mol. The molecule has 22 heavy (non-hydrogen) atoms. The molecule has 0 saturated heterocycles. The molecule has 0 atom stereocenters. The summed E-state index contributed by atoms with van der Waals surface area (Å²) in [4.78, 5) is 6.68. The van der Waals surface area contributed by atoms with Gasteiger partial charge in [-0.3, -0.25) is 4.40 Å². The molecule has 2 aromatic carbocycles. The fourth-order valence-corrected chi connectivity index (χ4v) is 2.60. The highest BCUT2D eigenvalue weighted by atomic mass is 15.3. The van der Waals surface area contributed by atoms with Gasteiger partial charge >= 0.3 is 0 Å². The summed E-state index contributed by atoms with van der Waals surface area (Å²) in [6.07, 6.45) is 1.65. The molecular weight excluding hydrogens is 276 g/mol. The number of benzene rings is 2. The summed E-state index contributed by atoms with van der Waals surface area (Å²) < 4.78 is 1.84. The van der Waals surface area contributed by atoms with Gasteiger partial charge < -0.3 is 10.6 Å². The minimum Gasteiger partial charge on any atom is -0.399 e. The van der Waals surface area contributed by atoms with Crippen molar-refractivity contribution in [1.82, 2.24) is 19.6 Å². The molecule has 0 unspecified atom stereocenters. The van der Waals surface area contributed by atoms with Gasteiger partial charge in [0.15, 0.2) is 0 Å². The Balaban J connectivity index is 2.03. The molecule has 4 aromatic rings. The molecule has 0 aliphatic carbocycles. The van der Waals surface area contributed by atoms with E-state index in [0.717, 1.165) is 22.4 Å². The van der Waals surface area contributed by atoms with Gasteiger partial charge in [0.1, 0.15) is 12.1 Å². The Hall–Kier alpha value is -3.15. The standard InChI is InChI=1S/C16H14N6/c1-21(12-5-3-2-4-6-12)15-13-8-7-11(17)9-14(13)22-10-18-20-16(22)19-15/h2-10H,17H2,1H3. The van der Waals surface area contributed by atoms with Crippen molar-refractivity contribution in [1.29, 1.82) is 0 Å². The van der Waals surface area contributed by atoms with Gasteiger partial charge in [-0.05, 0) is 30.3 Å². The largest absolute Gasteiger partial charge is 0.399 e. The molecule has 6 nitrogen and oxygen atoms in total. The molecule has 108 valence electrons. The molecule has 0 saturated carbocycles. The minimum absolute atomic E-state index is 0.552. The van der Waals surface area contributed by atoms with Gasteiger partial charge in [-0.25, -0.2) is 0 Å². The number of hydrogen-bond donors (Lipinski definition) is 1. The molecule has 2 N–H and O–H groups in total. The maximum Gasteiger partial charge on any atom is 0.257 e. The van der Waals surface area contributed by atoms with Gasteiger partial charge in [0.25, 0.3) is 5.78 Å². The number of aromatic nitrogens is 4. The quantitative estimate of drug-likeness (QED) is 0.575. The topological polar surface area (TPSA) is 72.3 Å². The molecule has 0 bridgehead atoms. The summed E-state index contributed by atoms with van der Waals surface area (Å²) in [6.45, 7) is 0. The number of nitrogens with two attached hydrogens (primary N) is 1. The van der Waals surface area contributed by atoms with Crippen LogP contribution in [0.5, 0.6) is 0 Å². The van der Waals surface area contributed by atoms with E-state index in [0.29, 0.717) is 11.5 Å². The van der Waals surface area contributed by atoms with Crippen LogP contribution in [0.3, 0.4) is 0 Å². The lowest BCUT2D eigenvalue weighted by Crippen LogP contribution is -2.12. The predicted octanol–water partition coefficient (Wildman–Crippen LogP) is 2.63. The van der Waals surface area contributed by atoms with Gasteiger partial charge in [-0.15, -0.1) is 10.2 Å². The van der Waals surface area contributed by atoms with Crippen molar-refractivity contribution < 1.29 is 0 Å². The third kappa shape index (κ3) is 1.85. The number of hydrogen-bond acceptors (Lipinski definition) is 5. The van der Waals surface area contributed by atoms with Crippen LogP contribution in [-0.2, 0) is 0 Å². The number of nitrogens with zero attached hydrogens (tertiary/aromatic N) is 5. The van der Waals surface area contributed by atoms with E-state index in [9.17, 15) is 0 Å². The first-order valence-electron chi connectivity index (χ1n) is 6.92. The second-order valence-corrected chi connectivity index (χ2v) is 5.11. The Morgan fingerprint density at radius 2 is 1.91 bits per heavy atom. The molecule has 0 spiro atoms. The second kappa shape index (κ2) is 4.70. The maximum absolute atomic E-state index is 5.93. The van der Waals surface area contributed by atoms with Crippen LogP contribution in [-0.4, -0.2) is 26.6 Å². The van der Waals surface area contributed by atoms with Crippen molar-refractivity contribution in [3.63, 3.8) is 0 Å². The molecule has 0 radical (unpaired) electrons. The van der Waals surface area contributed by atoms with Gasteiger partial charge in [-0.2, -0.15) is 4.98 Å². The average molecular weight is 290 g/mol. The number of rotatable bonds is 2. The Morgan fingerprint density at radius 3 is 2.73 bits per heavy atom. The normalized spacial score (nSPS) is 11.1. The van der Waals surface area contributed by atoms with Gasteiger partial charge in [0.05, 0.1) is 5.52 Å². The van der Waals surface area contributed by atoms with Crippen LogP contribution >= 0.6 is 0 Å². The molecule has 2 heterocycles. The van der Waals surface area contributed by atoms with E-state index in [4.69, 9.17) is 5.73 Å². The average Bonchev–Trinajstić information content (AvgIpc) is 3.03. The lowest BCUT2D eigenvalue weighted by Gasteiger charge is -2.20. The van der Waals surface area contributed by atoms with Crippen LogP contribution < -0.4 is 10.6 Å². The van der Waals surface area contributed by atoms with Gasteiger partial charge in [0.2, 0.25) is 0 Å². The zero-order valence-corrected chi connectivity index (χ0v) is 12.0. The minimum atomic E-state index is 0.552. The molecule has 4 rings (SSSR count). The van der Waals surface area contributed by atoms with Crippen molar-refractivity contribution >= 4 is 33.9 Å². The zero-order chi connectivity index (χ0) is 15.1.